The molecule has 0 aliphatic heterocycles. The summed E-state index contributed by atoms with van der Waals surface area (Å²) < 4.78 is 18.2. The Labute approximate surface area is 161 Å². The molecule has 0 spiro atoms. The van der Waals surface area contributed by atoms with Crippen LogP contribution in [0.5, 0.6) is 5.75 Å². The van der Waals surface area contributed by atoms with Crippen molar-refractivity contribution in [1.82, 2.24) is 10.2 Å². The van der Waals surface area contributed by atoms with Gasteiger partial charge in [-0.25, -0.2) is 4.39 Å². The molecule has 0 atom stereocenters. The third-order valence-electron chi connectivity index (χ3n) is 3.56. The van der Waals surface area contributed by atoms with Crippen LogP contribution in [-0.4, -0.2) is 28.5 Å². The van der Waals surface area contributed by atoms with Crippen LogP contribution < -0.4 is 10.1 Å². The number of nitrogens with one attached hydrogen (secondary N) is 1. The van der Waals surface area contributed by atoms with Gasteiger partial charge in [0, 0.05) is 11.3 Å². The summed E-state index contributed by atoms with van der Waals surface area (Å²) in [5, 5.41) is 12.1. The summed E-state index contributed by atoms with van der Waals surface area (Å²) in [7, 11) is 0. The zero-order chi connectivity index (χ0) is 19.1. The number of hydrogen-bond acceptors (Lipinski definition) is 5. The summed E-state index contributed by atoms with van der Waals surface area (Å²) in [4.78, 5) is 12.1. The second-order valence-corrected chi connectivity index (χ2v) is 6.85. The molecule has 0 unspecified atom stereocenters. The maximum absolute atomic E-state index is 12.9. The van der Waals surface area contributed by atoms with Crippen molar-refractivity contribution in [2.75, 3.05) is 17.7 Å². The topological polar surface area (TPSA) is 64.1 Å². The molecule has 1 N–H and O–H groups in total. The van der Waals surface area contributed by atoms with Crippen LogP contribution >= 0.6 is 11.8 Å². The van der Waals surface area contributed by atoms with Gasteiger partial charge in [-0.05, 0) is 54.3 Å². The van der Waals surface area contributed by atoms with Crippen LogP contribution in [0.25, 0.3) is 11.3 Å². The number of aromatic nitrogens is 2. The molecule has 0 aliphatic rings. The lowest BCUT2D eigenvalue weighted by Crippen LogP contribution is -2.20. The van der Waals surface area contributed by atoms with Crippen molar-refractivity contribution >= 4 is 23.4 Å². The van der Waals surface area contributed by atoms with Gasteiger partial charge in [-0.3, -0.25) is 4.79 Å². The van der Waals surface area contributed by atoms with Gasteiger partial charge in [0.1, 0.15) is 16.6 Å². The highest BCUT2D eigenvalue weighted by Gasteiger charge is 2.07. The number of hydrogen-bond donors (Lipinski definition) is 1. The number of anilines is 1. The number of nitrogens with zero attached hydrogens (tertiary/aromatic N) is 2. The molecule has 1 heterocycles. The van der Waals surface area contributed by atoms with Crippen LogP contribution in [-0.2, 0) is 4.79 Å². The maximum atomic E-state index is 12.9. The molecular formula is C20H18FN3O2S. The lowest BCUT2D eigenvalue weighted by Gasteiger charge is -2.09. The van der Waals surface area contributed by atoms with Gasteiger partial charge in [-0.2, -0.15) is 0 Å². The van der Waals surface area contributed by atoms with Crippen molar-refractivity contribution in [3.63, 3.8) is 0 Å². The van der Waals surface area contributed by atoms with Crippen LogP contribution in [0.15, 0.2) is 65.7 Å². The minimum Gasteiger partial charge on any atom is -0.484 e. The molecule has 138 valence electrons. The van der Waals surface area contributed by atoms with E-state index in [0.717, 1.165) is 22.0 Å². The molecule has 0 saturated heterocycles. The average Bonchev–Trinajstić information content (AvgIpc) is 2.69. The number of carbonyl (C=O) groups excluding carboxylic acids is 1. The zero-order valence-electron chi connectivity index (χ0n) is 14.7. The molecule has 0 saturated carbocycles. The first-order chi connectivity index (χ1) is 13.1. The quantitative estimate of drug-likeness (QED) is 0.612. The average molecular weight is 383 g/mol. The van der Waals surface area contributed by atoms with Gasteiger partial charge in [0.25, 0.3) is 5.91 Å². The van der Waals surface area contributed by atoms with E-state index in [1.807, 2.05) is 30.3 Å². The van der Waals surface area contributed by atoms with Crippen molar-refractivity contribution in [2.24, 2.45) is 0 Å². The van der Waals surface area contributed by atoms with E-state index in [1.54, 1.807) is 17.8 Å². The highest BCUT2D eigenvalue weighted by molar-refractivity contribution is 7.99. The van der Waals surface area contributed by atoms with Crippen LogP contribution in [0.3, 0.4) is 0 Å². The minimum absolute atomic E-state index is 0.168. The number of rotatable bonds is 7. The molecule has 3 aromatic rings. The Morgan fingerprint density at radius 1 is 1.11 bits per heavy atom. The fourth-order valence-corrected chi connectivity index (χ4v) is 2.89. The van der Waals surface area contributed by atoms with Crippen molar-refractivity contribution in [3.8, 4) is 17.0 Å². The van der Waals surface area contributed by atoms with Gasteiger partial charge in [0.15, 0.2) is 6.61 Å². The standard InChI is InChI=1S/C20H18FN3O2S/c1-2-27-20-11-10-18(23-24-20)14-4-3-5-16(12-14)22-19(25)13-26-17-8-6-15(21)7-9-17/h3-12H,2,13H2,1H3,(H,22,25). The van der Waals surface area contributed by atoms with Gasteiger partial charge in [-0.15, -0.1) is 22.0 Å². The third-order valence-corrected chi connectivity index (χ3v) is 4.36. The fourth-order valence-electron chi connectivity index (χ4n) is 2.33. The normalized spacial score (nSPS) is 10.4. The van der Waals surface area contributed by atoms with Gasteiger partial charge in [0.2, 0.25) is 0 Å². The second kappa shape index (κ2) is 9.14. The van der Waals surface area contributed by atoms with Gasteiger partial charge in [0.05, 0.1) is 5.69 Å². The molecular weight excluding hydrogens is 365 g/mol. The highest BCUT2D eigenvalue weighted by atomic mass is 32.2. The van der Waals surface area contributed by atoms with Crippen LogP contribution in [0, 0.1) is 5.82 Å². The molecule has 2 aromatic carbocycles. The first-order valence-corrected chi connectivity index (χ1v) is 9.38. The van der Waals surface area contributed by atoms with E-state index in [9.17, 15) is 9.18 Å². The summed E-state index contributed by atoms with van der Waals surface area (Å²) in [6.07, 6.45) is 0. The van der Waals surface area contributed by atoms with Crippen molar-refractivity contribution in [2.45, 2.75) is 11.9 Å². The molecule has 0 aliphatic carbocycles. The van der Waals surface area contributed by atoms with Crippen molar-refractivity contribution in [1.29, 1.82) is 0 Å². The molecule has 5 nitrogen and oxygen atoms in total. The number of thioether (sulfide) groups is 1. The molecule has 0 fully saturated rings. The lowest BCUT2D eigenvalue weighted by atomic mass is 10.1. The van der Waals surface area contributed by atoms with E-state index >= 15 is 0 Å². The number of benzene rings is 2. The van der Waals surface area contributed by atoms with E-state index < -0.39 is 0 Å². The van der Waals surface area contributed by atoms with Crippen LogP contribution in [0.4, 0.5) is 10.1 Å². The third kappa shape index (κ3) is 5.52. The Morgan fingerprint density at radius 3 is 2.63 bits per heavy atom. The maximum Gasteiger partial charge on any atom is 0.262 e. The van der Waals surface area contributed by atoms with Gasteiger partial charge in [-0.1, -0.05) is 19.1 Å². The zero-order valence-corrected chi connectivity index (χ0v) is 15.5. The Kier molecular flexibility index (Phi) is 6.38. The molecule has 0 bridgehead atoms. The fraction of sp³-hybridized carbons (Fsp3) is 0.150. The second-order valence-electron chi connectivity index (χ2n) is 5.56. The molecule has 1 amide bonds. The summed E-state index contributed by atoms with van der Waals surface area (Å²) >= 11 is 1.63. The first kappa shape index (κ1) is 18.8. The van der Waals surface area contributed by atoms with E-state index in [1.165, 1.54) is 24.3 Å². The predicted octanol–water partition coefficient (Wildman–Crippen LogP) is 4.41. The molecule has 3 rings (SSSR count). The largest absolute Gasteiger partial charge is 0.484 e. The lowest BCUT2D eigenvalue weighted by molar-refractivity contribution is -0.118. The van der Waals surface area contributed by atoms with E-state index in [0.29, 0.717) is 11.4 Å². The minimum atomic E-state index is -0.354. The monoisotopic (exact) mass is 383 g/mol. The summed E-state index contributed by atoms with van der Waals surface area (Å²) in [6.45, 7) is 1.89. The predicted molar refractivity (Wildman–Crippen MR) is 104 cm³/mol. The Balaban J connectivity index is 1.61. The number of halogens is 1. The highest BCUT2D eigenvalue weighted by Crippen LogP contribution is 2.22. The van der Waals surface area contributed by atoms with E-state index in [-0.39, 0.29) is 18.3 Å². The summed E-state index contributed by atoms with van der Waals surface area (Å²) in [5.41, 5.74) is 2.22. The van der Waals surface area contributed by atoms with Crippen molar-refractivity contribution in [3.05, 3.63) is 66.5 Å². The molecule has 1 aromatic heterocycles. The molecule has 0 radical (unpaired) electrons. The number of ether oxygens (including phenoxy) is 1. The molecule has 7 heteroatoms. The number of carbonyl (C=O) groups is 1. The van der Waals surface area contributed by atoms with Crippen LogP contribution in [0.2, 0.25) is 0 Å². The smallest absolute Gasteiger partial charge is 0.262 e. The first-order valence-electron chi connectivity index (χ1n) is 8.39. The summed E-state index contributed by atoms with van der Waals surface area (Å²) in [6, 6.07) is 16.7. The van der Waals surface area contributed by atoms with E-state index in [2.05, 4.69) is 22.4 Å². The number of amides is 1. The van der Waals surface area contributed by atoms with E-state index in [4.69, 9.17) is 4.74 Å². The summed E-state index contributed by atoms with van der Waals surface area (Å²) in [5.74, 6) is 0.709. The van der Waals surface area contributed by atoms with Crippen LogP contribution in [0.1, 0.15) is 6.92 Å². The Bertz CT molecular complexity index is 902. The van der Waals surface area contributed by atoms with Crippen molar-refractivity contribution < 1.29 is 13.9 Å². The van der Waals surface area contributed by atoms with Gasteiger partial charge < -0.3 is 10.1 Å². The Hall–Kier alpha value is -2.93. The Morgan fingerprint density at radius 2 is 1.93 bits per heavy atom. The molecule has 27 heavy (non-hydrogen) atoms. The SMILES string of the molecule is CCSc1ccc(-c2cccc(NC(=O)COc3ccc(F)cc3)c2)nn1. The van der Waals surface area contributed by atoms with Gasteiger partial charge >= 0.3 is 0 Å².